The average Bonchev–Trinajstić information content (AvgIpc) is 2.73. The second-order valence-corrected chi connectivity index (χ2v) is 6.67. The molecule has 1 aromatic carbocycles. The Bertz CT molecular complexity index is 593. The van der Waals surface area contributed by atoms with Crippen LogP contribution in [-0.4, -0.2) is 35.4 Å². The fourth-order valence-electron chi connectivity index (χ4n) is 4.12. The Balaban J connectivity index is 1.65. The number of aliphatic hydroxyl groups is 1. The van der Waals surface area contributed by atoms with Crippen molar-refractivity contribution in [2.45, 2.75) is 56.1 Å². The standard InChI is InChI=1S/C16H19F2NO3/c1-19-11-3-2-4-12(19)9-15(20,8-11)10-5-6-13-14(7-10)22-16(17,18)21-13/h5-7,11-12,20H,2-4,8-9H2,1H3. The summed E-state index contributed by atoms with van der Waals surface area (Å²) in [6.07, 6.45) is 0.942. The monoisotopic (exact) mass is 311 g/mol. The molecule has 4 nitrogen and oxygen atoms in total. The van der Waals surface area contributed by atoms with Crippen molar-refractivity contribution in [3.63, 3.8) is 0 Å². The van der Waals surface area contributed by atoms with Gasteiger partial charge in [0.1, 0.15) is 0 Å². The highest BCUT2D eigenvalue weighted by Gasteiger charge is 2.47. The Morgan fingerprint density at radius 1 is 1.14 bits per heavy atom. The molecular weight excluding hydrogens is 292 g/mol. The van der Waals surface area contributed by atoms with E-state index >= 15 is 0 Å². The maximum Gasteiger partial charge on any atom is 0.586 e. The molecule has 0 aromatic heterocycles. The van der Waals surface area contributed by atoms with Crippen LogP contribution in [0.1, 0.15) is 37.7 Å². The molecule has 3 aliphatic heterocycles. The summed E-state index contributed by atoms with van der Waals surface area (Å²) in [4.78, 5) is 2.35. The van der Waals surface area contributed by atoms with Crippen LogP contribution in [0, 0.1) is 0 Å². The number of hydrogen-bond donors (Lipinski definition) is 1. The molecule has 2 saturated heterocycles. The van der Waals surface area contributed by atoms with E-state index in [1.807, 2.05) is 0 Å². The predicted molar refractivity (Wildman–Crippen MR) is 75.0 cm³/mol. The number of halogens is 2. The van der Waals surface area contributed by atoms with E-state index in [9.17, 15) is 13.9 Å². The molecule has 3 heterocycles. The van der Waals surface area contributed by atoms with Gasteiger partial charge in [0.05, 0.1) is 5.60 Å². The largest absolute Gasteiger partial charge is 0.586 e. The van der Waals surface area contributed by atoms with Crippen LogP contribution >= 0.6 is 0 Å². The van der Waals surface area contributed by atoms with Crippen molar-refractivity contribution in [1.29, 1.82) is 0 Å². The fraction of sp³-hybridized carbons (Fsp3) is 0.625. The molecule has 2 atom stereocenters. The first kappa shape index (κ1) is 14.2. The first-order chi connectivity index (χ1) is 10.4. The number of fused-ring (bicyclic) bond motifs is 3. The van der Waals surface area contributed by atoms with Crippen LogP contribution in [-0.2, 0) is 5.60 Å². The Morgan fingerprint density at radius 2 is 1.77 bits per heavy atom. The highest BCUT2D eigenvalue weighted by molar-refractivity contribution is 5.47. The van der Waals surface area contributed by atoms with E-state index in [1.54, 1.807) is 6.07 Å². The van der Waals surface area contributed by atoms with Crippen molar-refractivity contribution >= 4 is 0 Å². The summed E-state index contributed by atoms with van der Waals surface area (Å²) in [5, 5.41) is 11.1. The minimum Gasteiger partial charge on any atom is -0.395 e. The molecule has 0 amide bonds. The summed E-state index contributed by atoms with van der Waals surface area (Å²) in [5.74, 6) is 0.0190. The van der Waals surface area contributed by atoms with Crippen LogP contribution in [0.25, 0.3) is 0 Å². The fourth-order valence-corrected chi connectivity index (χ4v) is 4.12. The molecular formula is C16H19F2NO3. The molecule has 0 aliphatic carbocycles. The topological polar surface area (TPSA) is 41.9 Å². The van der Waals surface area contributed by atoms with Gasteiger partial charge in [-0.1, -0.05) is 12.5 Å². The number of benzene rings is 1. The molecule has 2 fully saturated rings. The van der Waals surface area contributed by atoms with Crippen LogP contribution in [0.4, 0.5) is 8.78 Å². The van der Waals surface area contributed by atoms with Crippen molar-refractivity contribution in [1.82, 2.24) is 4.90 Å². The number of alkyl halides is 2. The second kappa shape index (κ2) is 4.55. The van der Waals surface area contributed by atoms with E-state index in [0.29, 0.717) is 30.5 Å². The van der Waals surface area contributed by atoms with Gasteiger partial charge in [0.15, 0.2) is 11.5 Å². The zero-order chi connectivity index (χ0) is 15.5. The van der Waals surface area contributed by atoms with Crippen LogP contribution < -0.4 is 9.47 Å². The SMILES string of the molecule is CN1C2CCCC1CC(O)(c1ccc3c(c1)OC(F)(F)O3)C2. The summed E-state index contributed by atoms with van der Waals surface area (Å²) in [6.45, 7) is 0. The van der Waals surface area contributed by atoms with Gasteiger partial charge >= 0.3 is 6.29 Å². The molecule has 6 heteroatoms. The number of nitrogens with zero attached hydrogens (tertiary/aromatic N) is 1. The highest BCUT2D eigenvalue weighted by Crippen LogP contribution is 2.47. The molecule has 3 aliphatic rings. The third-order valence-corrected chi connectivity index (χ3v) is 5.31. The molecule has 1 aromatic rings. The Labute approximate surface area is 127 Å². The Hall–Kier alpha value is -1.40. The van der Waals surface area contributed by atoms with E-state index in [2.05, 4.69) is 21.4 Å². The van der Waals surface area contributed by atoms with Gasteiger partial charge < -0.3 is 19.5 Å². The Kier molecular flexibility index (Phi) is 2.94. The summed E-state index contributed by atoms with van der Waals surface area (Å²) < 4.78 is 35.2. The maximum absolute atomic E-state index is 13.1. The van der Waals surface area contributed by atoms with Gasteiger partial charge in [-0.3, -0.25) is 0 Å². The van der Waals surface area contributed by atoms with Gasteiger partial charge in [-0.05, 0) is 50.4 Å². The number of hydrogen-bond acceptors (Lipinski definition) is 4. The van der Waals surface area contributed by atoms with Crippen LogP contribution in [0.2, 0.25) is 0 Å². The van der Waals surface area contributed by atoms with Crippen LogP contribution in [0.15, 0.2) is 18.2 Å². The van der Waals surface area contributed by atoms with E-state index in [-0.39, 0.29) is 11.5 Å². The van der Waals surface area contributed by atoms with Gasteiger partial charge in [0.2, 0.25) is 0 Å². The summed E-state index contributed by atoms with van der Waals surface area (Å²) in [6, 6.07) is 5.30. The van der Waals surface area contributed by atoms with Crippen molar-refractivity contribution in [2.75, 3.05) is 7.05 Å². The molecule has 0 saturated carbocycles. The first-order valence-corrected chi connectivity index (χ1v) is 7.71. The van der Waals surface area contributed by atoms with Crippen molar-refractivity contribution in [3.8, 4) is 11.5 Å². The summed E-state index contributed by atoms with van der Waals surface area (Å²) in [5.41, 5.74) is -0.351. The molecule has 120 valence electrons. The lowest BCUT2D eigenvalue weighted by atomic mass is 9.73. The summed E-state index contributed by atoms with van der Waals surface area (Å²) in [7, 11) is 2.11. The zero-order valence-electron chi connectivity index (χ0n) is 12.4. The molecule has 1 N–H and O–H groups in total. The first-order valence-electron chi connectivity index (χ1n) is 7.71. The lowest BCUT2D eigenvalue weighted by molar-refractivity contribution is -0.286. The molecule has 2 unspecified atom stereocenters. The van der Waals surface area contributed by atoms with Gasteiger partial charge in [-0.25, -0.2) is 0 Å². The molecule has 2 bridgehead atoms. The quantitative estimate of drug-likeness (QED) is 0.866. The Morgan fingerprint density at radius 3 is 2.45 bits per heavy atom. The second-order valence-electron chi connectivity index (χ2n) is 6.67. The summed E-state index contributed by atoms with van der Waals surface area (Å²) >= 11 is 0. The number of piperidine rings is 2. The average molecular weight is 311 g/mol. The van der Waals surface area contributed by atoms with Crippen LogP contribution in [0.3, 0.4) is 0 Å². The molecule has 22 heavy (non-hydrogen) atoms. The van der Waals surface area contributed by atoms with Gasteiger partial charge in [0, 0.05) is 12.1 Å². The van der Waals surface area contributed by atoms with Gasteiger partial charge in [-0.2, -0.15) is 0 Å². The van der Waals surface area contributed by atoms with E-state index in [0.717, 1.165) is 12.8 Å². The highest BCUT2D eigenvalue weighted by atomic mass is 19.3. The van der Waals surface area contributed by atoms with Gasteiger partial charge in [-0.15, -0.1) is 8.78 Å². The third-order valence-electron chi connectivity index (χ3n) is 5.31. The molecule has 0 spiro atoms. The van der Waals surface area contributed by atoms with Crippen molar-refractivity contribution in [2.24, 2.45) is 0 Å². The minimum atomic E-state index is -3.62. The number of rotatable bonds is 1. The van der Waals surface area contributed by atoms with E-state index in [4.69, 9.17) is 0 Å². The minimum absolute atomic E-state index is 0.0000116. The van der Waals surface area contributed by atoms with Crippen LogP contribution in [0.5, 0.6) is 11.5 Å². The molecule has 0 radical (unpaired) electrons. The van der Waals surface area contributed by atoms with E-state index < -0.39 is 11.9 Å². The molecule has 4 rings (SSSR count). The number of ether oxygens (including phenoxy) is 2. The third kappa shape index (κ3) is 2.16. The predicted octanol–water partition coefficient (Wildman–Crippen LogP) is 2.84. The van der Waals surface area contributed by atoms with Crippen molar-refractivity contribution < 1.29 is 23.4 Å². The normalized spacial score (nSPS) is 36.4. The smallest absolute Gasteiger partial charge is 0.395 e. The van der Waals surface area contributed by atoms with Gasteiger partial charge in [0.25, 0.3) is 0 Å². The maximum atomic E-state index is 13.1. The zero-order valence-corrected chi connectivity index (χ0v) is 12.4. The van der Waals surface area contributed by atoms with E-state index in [1.165, 1.54) is 18.6 Å². The lowest BCUT2D eigenvalue weighted by Crippen LogP contribution is -2.55. The van der Waals surface area contributed by atoms with Crippen molar-refractivity contribution in [3.05, 3.63) is 23.8 Å². The lowest BCUT2D eigenvalue weighted by Gasteiger charge is -2.50.